The predicted molar refractivity (Wildman–Crippen MR) is 92.3 cm³/mol. The number of piperidine rings is 1. The highest BCUT2D eigenvalue weighted by atomic mass is 16.2. The number of hydrogen-bond donors (Lipinski definition) is 1. The number of aromatic nitrogens is 5. The summed E-state index contributed by atoms with van der Waals surface area (Å²) in [5, 5.41) is 20.2. The van der Waals surface area contributed by atoms with Gasteiger partial charge in [0.25, 0.3) is 5.91 Å². The van der Waals surface area contributed by atoms with E-state index in [0.29, 0.717) is 23.6 Å². The number of amides is 1. The lowest BCUT2D eigenvalue weighted by Crippen LogP contribution is -2.39. The zero-order chi connectivity index (χ0) is 17.9. The second kappa shape index (κ2) is 6.80. The van der Waals surface area contributed by atoms with Gasteiger partial charge in [-0.05, 0) is 43.5 Å². The van der Waals surface area contributed by atoms with Crippen LogP contribution in [0.4, 0.5) is 0 Å². The highest BCUT2D eigenvalue weighted by Gasteiger charge is 2.31. The van der Waals surface area contributed by atoms with Crippen LogP contribution in [-0.4, -0.2) is 42.3 Å². The van der Waals surface area contributed by atoms with Crippen LogP contribution in [0.25, 0.3) is 5.69 Å². The van der Waals surface area contributed by atoms with Crippen LogP contribution in [0.5, 0.6) is 0 Å². The predicted octanol–water partition coefficient (Wildman–Crippen LogP) is 2.23. The van der Waals surface area contributed by atoms with Crippen molar-refractivity contribution in [3.8, 4) is 11.8 Å². The third kappa shape index (κ3) is 2.95. The molecule has 1 atom stereocenters. The molecule has 0 aliphatic carbocycles. The van der Waals surface area contributed by atoms with E-state index in [0.717, 1.165) is 24.9 Å². The molecule has 130 valence electrons. The van der Waals surface area contributed by atoms with Gasteiger partial charge in [-0.15, -0.1) is 0 Å². The standard InChI is InChI=1S/C18H17N7O/c19-11-13-4-3-5-14(10-13)25-9-7-15(23-25)18(26)24-8-2-1-6-16(24)17-20-12-21-22-17/h3-5,7,9-10,12,16H,1-2,6,8H2,(H,20,21,22)/t16-/m0/s1. The van der Waals surface area contributed by atoms with Crippen LogP contribution in [0.15, 0.2) is 42.9 Å². The second-order valence-electron chi connectivity index (χ2n) is 6.19. The first kappa shape index (κ1) is 16.0. The molecule has 2 aromatic heterocycles. The van der Waals surface area contributed by atoms with E-state index in [4.69, 9.17) is 5.26 Å². The average Bonchev–Trinajstić information content (AvgIpc) is 3.39. The molecule has 1 amide bonds. The van der Waals surface area contributed by atoms with Crippen LogP contribution in [0.3, 0.4) is 0 Å². The van der Waals surface area contributed by atoms with Crippen molar-refractivity contribution >= 4 is 5.91 Å². The van der Waals surface area contributed by atoms with Crippen molar-refractivity contribution in [2.24, 2.45) is 0 Å². The highest BCUT2D eigenvalue weighted by Crippen LogP contribution is 2.29. The Hall–Kier alpha value is -3.47. The van der Waals surface area contributed by atoms with Crippen molar-refractivity contribution < 1.29 is 4.79 Å². The molecule has 4 rings (SSSR count). The van der Waals surface area contributed by atoms with Crippen molar-refractivity contribution in [3.05, 3.63) is 59.9 Å². The van der Waals surface area contributed by atoms with E-state index < -0.39 is 0 Å². The van der Waals surface area contributed by atoms with Gasteiger partial charge in [0.2, 0.25) is 0 Å². The molecule has 1 saturated heterocycles. The Morgan fingerprint density at radius 3 is 3.04 bits per heavy atom. The van der Waals surface area contributed by atoms with E-state index in [-0.39, 0.29) is 11.9 Å². The van der Waals surface area contributed by atoms with Crippen LogP contribution in [0, 0.1) is 11.3 Å². The first-order chi connectivity index (χ1) is 12.8. The highest BCUT2D eigenvalue weighted by molar-refractivity contribution is 5.92. The number of hydrogen-bond acceptors (Lipinski definition) is 5. The van der Waals surface area contributed by atoms with E-state index in [1.54, 1.807) is 35.1 Å². The Morgan fingerprint density at radius 1 is 1.31 bits per heavy atom. The van der Waals surface area contributed by atoms with E-state index in [2.05, 4.69) is 26.3 Å². The topological polar surface area (TPSA) is 103 Å². The molecule has 26 heavy (non-hydrogen) atoms. The smallest absolute Gasteiger partial charge is 0.274 e. The number of likely N-dealkylation sites (tertiary alicyclic amines) is 1. The van der Waals surface area contributed by atoms with Gasteiger partial charge < -0.3 is 4.90 Å². The fraction of sp³-hybridized carbons (Fsp3) is 0.278. The summed E-state index contributed by atoms with van der Waals surface area (Å²) in [5.41, 5.74) is 1.67. The van der Waals surface area contributed by atoms with Crippen LogP contribution in [0.2, 0.25) is 0 Å². The summed E-state index contributed by atoms with van der Waals surface area (Å²) in [6, 6.07) is 10.8. The first-order valence-corrected chi connectivity index (χ1v) is 8.49. The maximum atomic E-state index is 13.0. The van der Waals surface area contributed by atoms with Crippen molar-refractivity contribution in [3.63, 3.8) is 0 Å². The molecular weight excluding hydrogens is 330 g/mol. The van der Waals surface area contributed by atoms with Crippen molar-refractivity contribution in [1.82, 2.24) is 29.9 Å². The molecule has 1 fully saturated rings. The molecule has 8 nitrogen and oxygen atoms in total. The normalized spacial score (nSPS) is 17.0. The van der Waals surface area contributed by atoms with E-state index >= 15 is 0 Å². The SMILES string of the molecule is N#Cc1cccc(-n2ccc(C(=O)N3CCCC[C@H]3c3ncn[nH]3)n2)c1. The molecule has 1 aliphatic heterocycles. The van der Waals surface area contributed by atoms with Gasteiger partial charge >= 0.3 is 0 Å². The molecule has 0 saturated carbocycles. The maximum absolute atomic E-state index is 13.0. The van der Waals surface area contributed by atoms with Gasteiger partial charge in [-0.3, -0.25) is 9.89 Å². The Kier molecular flexibility index (Phi) is 4.19. The fourth-order valence-electron chi connectivity index (χ4n) is 3.28. The Morgan fingerprint density at radius 2 is 2.23 bits per heavy atom. The van der Waals surface area contributed by atoms with Gasteiger partial charge in [-0.2, -0.15) is 15.5 Å². The summed E-state index contributed by atoms with van der Waals surface area (Å²) >= 11 is 0. The van der Waals surface area contributed by atoms with E-state index in [9.17, 15) is 4.79 Å². The van der Waals surface area contributed by atoms with Gasteiger partial charge in [-0.25, -0.2) is 9.67 Å². The van der Waals surface area contributed by atoms with Crippen molar-refractivity contribution in [2.75, 3.05) is 6.54 Å². The first-order valence-electron chi connectivity index (χ1n) is 8.49. The van der Waals surface area contributed by atoms with Crippen molar-refractivity contribution in [1.29, 1.82) is 5.26 Å². The maximum Gasteiger partial charge on any atom is 0.274 e. The Balaban J connectivity index is 1.60. The molecule has 0 spiro atoms. The molecule has 1 aromatic carbocycles. The number of nitrogens with one attached hydrogen (secondary N) is 1. The molecule has 0 unspecified atom stereocenters. The minimum absolute atomic E-state index is 0.106. The lowest BCUT2D eigenvalue weighted by Gasteiger charge is -2.33. The molecule has 1 aliphatic rings. The molecule has 3 heterocycles. The molecule has 0 bridgehead atoms. The average molecular weight is 347 g/mol. The van der Waals surface area contributed by atoms with E-state index in [1.165, 1.54) is 6.33 Å². The van der Waals surface area contributed by atoms with Crippen molar-refractivity contribution in [2.45, 2.75) is 25.3 Å². The second-order valence-corrected chi connectivity index (χ2v) is 6.19. The summed E-state index contributed by atoms with van der Waals surface area (Å²) < 4.78 is 1.61. The van der Waals surface area contributed by atoms with Crippen LogP contribution < -0.4 is 0 Å². The number of aromatic amines is 1. The number of carbonyl (C=O) groups is 1. The summed E-state index contributed by atoms with van der Waals surface area (Å²) in [6.45, 7) is 0.668. The quantitative estimate of drug-likeness (QED) is 0.782. The van der Waals surface area contributed by atoms with Crippen LogP contribution in [-0.2, 0) is 0 Å². The largest absolute Gasteiger partial charge is 0.327 e. The zero-order valence-corrected chi connectivity index (χ0v) is 14.0. The lowest BCUT2D eigenvalue weighted by atomic mass is 10.0. The number of rotatable bonds is 3. The third-order valence-corrected chi connectivity index (χ3v) is 4.56. The van der Waals surface area contributed by atoms with Gasteiger partial charge in [-0.1, -0.05) is 6.07 Å². The summed E-state index contributed by atoms with van der Waals surface area (Å²) in [5.74, 6) is 0.584. The molecular formula is C18H17N7O. The molecule has 8 heteroatoms. The molecule has 3 aromatic rings. The number of nitrogens with zero attached hydrogens (tertiary/aromatic N) is 6. The van der Waals surface area contributed by atoms with Gasteiger partial charge in [0, 0.05) is 12.7 Å². The number of H-pyrrole nitrogens is 1. The summed E-state index contributed by atoms with van der Waals surface area (Å²) in [4.78, 5) is 19.0. The fourth-order valence-corrected chi connectivity index (χ4v) is 3.28. The number of carbonyl (C=O) groups excluding carboxylic acids is 1. The number of nitriles is 1. The third-order valence-electron chi connectivity index (χ3n) is 4.56. The monoisotopic (exact) mass is 347 g/mol. The van der Waals surface area contributed by atoms with Crippen LogP contribution in [0.1, 0.15) is 47.2 Å². The lowest BCUT2D eigenvalue weighted by molar-refractivity contribution is 0.0594. The minimum Gasteiger partial charge on any atom is -0.327 e. The van der Waals surface area contributed by atoms with Gasteiger partial charge in [0.15, 0.2) is 5.69 Å². The summed E-state index contributed by atoms with van der Waals surface area (Å²) in [6.07, 6.45) is 6.05. The van der Waals surface area contributed by atoms with Crippen LogP contribution >= 0.6 is 0 Å². The zero-order valence-electron chi connectivity index (χ0n) is 14.0. The Bertz CT molecular complexity index is 954. The Labute approximate surface area is 150 Å². The number of benzene rings is 1. The summed E-state index contributed by atoms with van der Waals surface area (Å²) in [7, 11) is 0. The van der Waals surface area contributed by atoms with Gasteiger partial charge in [0.05, 0.1) is 23.4 Å². The van der Waals surface area contributed by atoms with Gasteiger partial charge in [0.1, 0.15) is 12.2 Å². The minimum atomic E-state index is -0.124. The van der Waals surface area contributed by atoms with E-state index in [1.807, 2.05) is 11.0 Å². The molecule has 1 N–H and O–H groups in total. The molecule has 0 radical (unpaired) electrons.